The lowest BCUT2D eigenvalue weighted by atomic mass is 9.22. The normalized spacial score (nSPS) is 60.8. The quantitative estimate of drug-likeness (QED) is 0.192. The fourth-order valence-corrected chi connectivity index (χ4v) is 28.6. The zero-order chi connectivity index (χ0) is 43.5. The van der Waals surface area contributed by atoms with Gasteiger partial charge in [-0.1, -0.05) is 119 Å². The Morgan fingerprint density at radius 1 is 0.557 bits per heavy atom. The maximum absolute atomic E-state index is 13.7. The minimum Gasteiger partial charge on any atom is -0.356 e. The number of ether oxygens (including phenoxy) is 1. The second-order valence-electron chi connectivity index (χ2n) is 28.8. The molecular formula is C68H52O2. The highest BCUT2D eigenvalue weighted by molar-refractivity contribution is 5.96. The maximum Gasteiger partial charge on any atom is 0.160 e. The number of hydrogen-bond acceptors (Lipinski definition) is 2. The average molecular weight is 901 g/mol. The topological polar surface area (TPSA) is 29.6 Å². The second-order valence-corrected chi connectivity index (χ2v) is 28.8. The van der Waals surface area contributed by atoms with E-state index in [0.717, 1.165) is 35.5 Å². The van der Waals surface area contributed by atoms with Crippen LogP contribution >= 0.6 is 0 Å². The lowest BCUT2D eigenvalue weighted by Crippen LogP contribution is -2.79. The highest BCUT2D eigenvalue weighted by Gasteiger charge is 2.96. The van der Waals surface area contributed by atoms with Crippen molar-refractivity contribution in [3.05, 3.63) is 180 Å². The molecule has 1 aromatic rings. The van der Waals surface area contributed by atoms with Gasteiger partial charge in [-0.2, -0.15) is 0 Å². The summed E-state index contributed by atoms with van der Waals surface area (Å²) in [6.45, 7) is 0. The summed E-state index contributed by atoms with van der Waals surface area (Å²) in [6.07, 6.45) is 45.3. The molecule has 0 N–H and O–H groups in total. The number of benzene rings is 1. The monoisotopic (exact) mass is 900 g/mol. The molecule has 1 aromatic carbocycles. The van der Waals surface area contributed by atoms with E-state index in [1.165, 1.54) is 35.6 Å². The zero-order valence-corrected chi connectivity index (χ0v) is 39.0. The van der Waals surface area contributed by atoms with E-state index in [4.69, 9.17) is 4.74 Å². The molecule has 23 aliphatic carbocycles. The van der Waals surface area contributed by atoms with Gasteiger partial charge in [0.15, 0.2) is 5.78 Å². The molecule has 9 fully saturated rings. The molecule has 1 saturated heterocycles. The molecule has 1 aliphatic heterocycles. The van der Waals surface area contributed by atoms with E-state index in [0.29, 0.717) is 136 Å². The van der Waals surface area contributed by atoms with Gasteiger partial charge in [0, 0.05) is 41.9 Å². The first kappa shape index (κ1) is 33.8. The molecule has 8 saturated carbocycles. The van der Waals surface area contributed by atoms with Gasteiger partial charge >= 0.3 is 0 Å². The van der Waals surface area contributed by atoms with Gasteiger partial charge in [0.05, 0.1) is 0 Å². The van der Waals surface area contributed by atoms with Crippen molar-refractivity contribution >= 4 is 23.5 Å². The lowest BCUT2D eigenvalue weighted by Gasteiger charge is -2.79. The van der Waals surface area contributed by atoms with Crippen LogP contribution in [0.3, 0.4) is 0 Å². The van der Waals surface area contributed by atoms with Crippen LogP contribution < -0.4 is 10.4 Å². The lowest BCUT2D eigenvalue weighted by molar-refractivity contribution is -0.230. The van der Waals surface area contributed by atoms with Crippen LogP contribution in [0, 0.1) is 154 Å². The van der Waals surface area contributed by atoms with Crippen LogP contribution in [0.15, 0.2) is 158 Å². The number of hydrogen-bond donors (Lipinski definition) is 0. The molecule has 1 heterocycles. The zero-order valence-electron chi connectivity index (χ0n) is 39.0. The second kappa shape index (κ2) is 9.51. The molecule has 2 nitrogen and oxygen atoms in total. The molecule has 25 rings (SSSR count). The summed E-state index contributed by atoms with van der Waals surface area (Å²) in [5, 5.41) is 3.11. The molecular weight excluding hydrogens is 849 g/mol. The van der Waals surface area contributed by atoms with E-state index in [9.17, 15) is 4.79 Å². The summed E-state index contributed by atoms with van der Waals surface area (Å²) in [5.41, 5.74) is 25.8. The van der Waals surface area contributed by atoms with Crippen molar-refractivity contribution in [1.29, 1.82) is 0 Å². The molecule has 29 atom stereocenters. The van der Waals surface area contributed by atoms with E-state index in [1.807, 2.05) is 27.9 Å². The first-order valence-corrected chi connectivity index (χ1v) is 28.9. The molecule has 70 heavy (non-hydrogen) atoms. The molecule has 2 spiro atoms. The van der Waals surface area contributed by atoms with Gasteiger partial charge in [-0.15, -0.1) is 0 Å². The summed E-state index contributed by atoms with van der Waals surface area (Å²) in [6, 6.07) is 5.19. The number of carbonyl (C=O) groups is 1. The Kier molecular flexibility index (Phi) is 4.59. The summed E-state index contributed by atoms with van der Waals surface area (Å²) < 4.78 is 8.91. The third-order valence-corrected chi connectivity index (χ3v) is 28.3. The number of carbonyl (C=O) groups excluding carboxylic acids is 1. The van der Waals surface area contributed by atoms with Gasteiger partial charge < -0.3 is 4.74 Å². The summed E-state index contributed by atoms with van der Waals surface area (Å²) in [7, 11) is 0. The van der Waals surface area contributed by atoms with Crippen LogP contribution in [0.1, 0.15) is 42.7 Å². The highest BCUT2D eigenvalue weighted by atomic mass is 16.6. The number of epoxide rings is 1. The Hall–Kier alpha value is -4.79. The van der Waals surface area contributed by atoms with E-state index in [1.54, 1.807) is 44.2 Å². The van der Waals surface area contributed by atoms with Crippen molar-refractivity contribution in [3.63, 3.8) is 0 Å². The fraction of sp³-hybridized carbons (Fsp3) is 0.485. The molecule has 0 amide bonds. The number of allylic oxidation sites excluding steroid dienone is 25. The summed E-state index contributed by atoms with van der Waals surface area (Å²) >= 11 is 0. The Bertz CT molecular complexity index is 3830. The Balaban J connectivity index is 0.878. The fourth-order valence-electron chi connectivity index (χ4n) is 28.6. The van der Waals surface area contributed by atoms with Gasteiger partial charge in [0.1, 0.15) is 11.2 Å². The molecule has 29 unspecified atom stereocenters. The average Bonchev–Trinajstić information content (AvgIpc) is 4.07. The SMILES string of the molecule is O=C1C=C2C=C3C=C4C=C5C=C6C=CC7CC8CC9=CC=CC%10C=C%11C=C%12CC%13C=c%14ccc%15c%16c%14C%14C%13C%13C%12C%12=C%11C(C9%10)C8C8C%12C9C(C6C78)C5C5C4C4C(=C%16C6C(C=C(C1)C2C6C34)C=%15)C%141OC51C%139. The van der Waals surface area contributed by atoms with Crippen molar-refractivity contribution in [2.45, 2.75) is 42.8 Å². The van der Waals surface area contributed by atoms with Gasteiger partial charge in [0.2, 0.25) is 0 Å². The van der Waals surface area contributed by atoms with Gasteiger partial charge in [0.25, 0.3) is 0 Å². The van der Waals surface area contributed by atoms with Crippen molar-refractivity contribution in [2.24, 2.45) is 154 Å². The largest absolute Gasteiger partial charge is 0.356 e. The number of rotatable bonds is 0. The third-order valence-electron chi connectivity index (χ3n) is 28.3. The van der Waals surface area contributed by atoms with Crippen LogP contribution in [0.5, 0.6) is 0 Å². The smallest absolute Gasteiger partial charge is 0.160 e. The standard InChI is InChI=1S/C68H52O2/c69-38-20-36-17-30-11-26-6-7-27-13-34-15-31-14-29-9-23-3-1-2-22-8-28-10-24-4-5-25-12-33-19-35-16-32-18-37(21-38)40(36)54-46(30)59-43(26)49(27)63-51(34)61-48(31)56-45(29)53(39(22)23)44(28)55-41(24)42(25)57-50(33)64-52(35)60(47(32)54)65(59)67(63)68(64,70-67)66(61)62(57)58(55)56/h1-7,9,11-14,16-19,21,23-24,28,30,34,39-42,44,46-48,50-55,57-58,60-64,66H,8,10,15,20H2. The van der Waals surface area contributed by atoms with Crippen LogP contribution in [0.4, 0.5) is 0 Å². The van der Waals surface area contributed by atoms with Crippen LogP contribution in [-0.4, -0.2) is 17.0 Å². The molecule has 0 radical (unpaired) electrons. The minimum atomic E-state index is -0.186. The predicted molar refractivity (Wildman–Crippen MR) is 263 cm³/mol. The molecule has 24 aliphatic rings. The van der Waals surface area contributed by atoms with Gasteiger partial charge in [-0.05, 0) is 221 Å². The molecule has 336 valence electrons. The maximum atomic E-state index is 13.7. The molecule has 0 aromatic heterocycles. The summed E-state index contributed by atoms with van der Waals surface area (Å²) in [4.78, 5) is 13.7. The van der Waals surface area contributed by atoms with Crippen LogP contribution in [-0.2, 0) is 9.53 Å². The van der Waals surface area contributed by atoms with Crippen LogP contribution in [0.25, 0.3) is 17.7 Å². The van der Waals surface area contributed by atoms with E-state index >= 15 is 0 Å². The van der Waals surface area contributed by atoms with Gasteiger partial charge in [-0.3, -0.25) is 4.79 Å². The Morgan fingerprint density at radius 2 is 1.46 bits per heavy atom. The molecule has 2 heteroatoms. The van der Waals surface area contributed by atoms with Crippen molar-refractivity contribution < 1.29 is 9.53 Å². The number of ketones is 1. The summed E-state index contributed by atoms with van der Waals surface area (Å²) in [5.74, 6) is 17.0. The third kappa shape index (κ3) is 2.79. The Morgan fingerprint density at radius 3 is 2.43 bits per heavy atom. The predicted octanol–water partition coefficient (Wildman–Crippen LogP) is 9.80. The van der Waals surface area contributed by atoms with Crippen molar-refractivity contribution in [1.82, 2.24) is 0 Å². The van der Waals surface area contributed by atoms with Crippen molar-refractivity contribution in [3.8, 4) is 0 Å². The first-order valence-electron chi connectivity index (χ1n) is 28.9. The molecule has 0 bridgehead atoms. The highest BCUT2D eigenvalue weighted by Crippen LogP contribution is 2.93. The first-order chi connectivity index (χ1) is 34.6. The minimum absolute atomic E-state index is 0.104. The van der Waals surface area contributed by atoms with E-state index < -0.39 is 0 Å². The Labute approximate surface area is 407 Å². The van der Waals surface area contributed by atoms with E-state index in [2.05, 4.69) is 109 Å². The van der Waals surface area contributed by atoms with Crippen LogP contribution in [0.2, 0.25) is 0 Å². The van der Waals surface area contributed by atoms with Gasteiger partial charge in [-0.25, -0.2) is 0 Å². The van der Waals surface area contributed by atoms with Crippen molar-refractivity contribution in [2.75, 3.05) is 0 Å². The van der Waals surface area contributed by atoms with E-state index in [-0.39, 0.29) is 11.2 Å².